The number of nitrogens with zero attached hydrogens (tertiary/aromatic N) is 1. The maximum Gasteiger partial charge on any atom is 0.320 e. The van der Waals surface area contributed by atoms with E-state index < -0.39 is 12.0 Å². The second-order valence-corrected chi connectivity index (χ2v) is 2.68. The zero-order chi connectivity index (χ0) is 11.8. The Bertz CT molecular complexity index is 311. The molecule has 0 spiro atoms. The number of aliphatic carboxylic acids is 1. The number of imidazole rings is 1. The van der Waals surface area contributed by atoms with Gasteiger partial charge in [-0.15, -0.1) is 12.4 Å². The van der Waals surface area contributed by atoms with Crippen LogP contribution in [0.3, 0.4) is 0 Å². The third kappa shape index (κ3) is 8.78. The molecule has 0 amide bonds. The third-order valence-electron chi connectivity index (χ3n) is 1.31. The SMILES string of the molecule is Cl.N=C(N)N.N[C@@H](Cc1cnc[nH]1)C(=O)O. The topological polar surface area (TPSA) is 168 Å². The molecule has 0 saturated heterocycles. The number of carbonyl (C=O) groups is 1. The highest BCUT2D eigenvalue weighted by Crippen LogP contribution is 1.95. The Labute approximate surface area is 98.1 Å². The van der Waals surface area contributed by atoms with Gasteiger partial charge in [0.05, 0.1) is 6.33 Å². The maximum atomic E-state index is 10.3. The largest absolute Gasteiger partial charge is 0.480 e. The molecular weight excluding hydrogens is 236 g/mol. The fourth-order valence-electron chi connectivity index (χ4n) is 0.721. The number of carboxylic acids is 1. The van der Waals surface area contributed by atoms with Gasteiger partial charge in [0.1, 0.15) is 6.04 Å². The lowest BCUT2D eigenvalue weighted by molar-refractivity contribution is -0.138. The fourth-order valence-corrected chi connectivity index (χ4v) is 0.721. The zero-order valence-corrected chi connectivity index (χ0v) is 9.20. The van der Waals surface area contributed by atoms with Crippen LogP contribution in [0, 0.1) is 5.41 Å². The molecule has 0 bridgehead atoms. The van der Waals surface area contributed by atoms with Crippen LogP contribution in [0.1, 0.15) is 5.69 Å². The standard InChI is InChI=1S/C6H9N3O2.CH5N3.ClH/c7-5(6(10)11)1-4-2-8-3-9-4;2-1(3)4;/h2-3,5H,1,7H2,(H,8,9)(H,10,11);(H5,2,3,4);1H/t5-;;/m0../s1. The van der Waals surface area contributed by atoms with E-state index in [0.29, 0.717) is 0 Å². The molecule has 0 aromatic carbocycles. The van der Waals surface area contributed by atoms with Crippen molar-refractivity contribution in [3.05, 3.63) is 18.2 Å². The monoisotopic (exact) mass is 250 g/mol. The van der Waals surface area contributed by atoms with Gasteiger partial charge in [-0.25, -0.2) is 4.98 Å². The van der Waals surface area contributed by atoms with Crippen LogP contribution in [0.2, 0.25) is 0 Å². The zero-order valence-electron chi connectivity index (χ0n) is 8.38. The Morgan fingerprint density at radius 2 is 2.12 bits per heavy atom. The molecule has 9 N–H and O–H groups in total. The van der Waals surface area contributed by atoms with Gasteiger partial charge in [-0.1, -0.05) is 0 Å². The van der Waals surface area contributed by atoms with E-state index >= 15 is 0 Å². The number of carboxylic acid groups (broad SMARTS) is 1. The van der Waals surface area contributed by atoms with Crippen LogP contribution in [-0.2, 0) is 11.2 Å². The highest BCUT2D eigenvalue weighted by Gasteiger charge is 2.11. The molecule has 0 radical (unpaired) electrons. The number of H-pyrrole nitrogens is 1. The fraction of sp³-hybridized carbons (Fsp3) is 0.286. The van der Waals surface area contributed by atoms with E-state index in [4.69, 9.17) is 16.2 Å². The number of halogens is 1. The van der Waals surface area contributed by atoms with Crippen molar-refractivity contribution in [3.8, 4) is 0 Å². The number of aromatic amines is 1. The summed E-state index contributed by atoms with van der Waals surface area (Å²) in [4.78, 5) is 16.8. The van der Waals surface area contributed by atoms with Crippen molar-refractivity contribution in [2.24, 2.45) is 17.2 Å². The van der Waals surface area contributed by atoms with Crippen molar-refractivity contribution in [3.63, 3.8) is 0 Å². The number of nitrogens with one attached hydrogen (secondary N) is 2. The molecule has 1 atom stereocenters. The van der Waals surface area contributed by atoms with Gasteiger partial charge in [-0.3, -0.25) is 10.2 Å². The van der Waals surface area contributed by atoms with Gasteiger partial charge in [-0.05, 0) is 0 Å². The summed E-state index contributed by atoms with van der Waals surface area (Å²) in [6.45, 7) is 0. The number of guanidine groups is 1. The molecule has 8 nitrogen and oxygen atoms in total. The third-order valence-corrected chi connectivity index (χ3v) is 1.31. The minimum absolute atomic E-state index is 0. The van der Waals surface area contributed by atoms with Crippen LogP contribution in [-0.4, -0.2) is 33.0 Å². The number of hydrogen-bond donors (Lipinski definition) is 6. The maximum absolute atomic E-state index is 10.3. The van der Waals surface area contributed by atoms with Gasteiger partial charge in [0.2, 0.25) is 0 Å². The van der Waals surface area contributed by atoms with Crippen molar-refractivity contribution in [1.29, 1.82) is 5.41 Å². The van der Waals surface area contributed by atoms with Crippen molar-refractivity contribution >= 4 is 24.3 Å². The quantitative estimate of drug-likeness (QED) is 0.285. The van der Waals surface area contributed by atoms with E-state index in [0.717, 1.165) is 5.69 Å². The van der Waals surface area contributed by atoms with E-state index in [1.807, 2.05) is 0 Å². The molecular formula is C7H15ClN6O2. The summed E-state index contributed by atoms with van der Waals surface area (Å²) in [7, 11) is 0. The first-order valence-corrected chi connectivity index (χ1v) is 3.98. The average Bonchev–Trinajstić information content (AvgIpc) is 2.55. The van der Waals surface area contributed by atoms with E-state index in [1.165, 1.54) is 6.33 Å². The van der Waals surface area contributed by atoms with Gasteiger partial charge < -0.3 is 27.3 Å². The van der Waals surface area contributed by atoms with Crippen molar-refractivity contribution in [1.82, 2.24) is 9.97 Å². The number of rotatable bonds is 3. The summed E-state index contributed by atoms with van der Waals surface area (Å²) in [5, 5.41) is 14.5. The molecule has 16 heavy (non-hydrogen) atoms. The summed E-state index contributed by atoms with van der Waals surface area (Å²) in [6.07, 6.45) is 3.34. The molecule has 9 heteroatoms. The molecule has 0 aliphatic carbocycles. The Kier molecular flexibility index (Phi) is 8.83. The predicted octanol–water partition coefficient (Wildman–Crippen LogP) is -1.38. The molecule has 0 unspecified atom stereocenters. The molecule has 92 valence electrons. The molecule has 0 fully saturated rings. The summed E-state index contributed by atoms with van der Waals surface area (Å²) < 4.78 is 0. The molecule has 1 rings (SSSR count). The molecule has 1 aromatic rings. The van der Waals surface area contributed by atoms with E-state index in [-0.39, 0.29) is 24.8 Å². The van der Waals surface area contributed by atoms with E-state index in [2.05, 4.69) is 21.4 Å². The average molecular weight is 251 g/mol. The molecule has 0 aliphatic heterocycles. The minimum Gasteiger partial charge on any atom is -0.480 e. The molecule has 1 heterocycles. The summed E-state index contributed by atoms with van der Waals surface area (Å²) >= 11 is 0. The Morgan fingerprint density at radius 3 is 2.44 bits per heavy atom. The van der Waals surface area contributed by atoms with Crippen LogP contribution in [0.15, 0.2) is 12.5 Å². The van der Waals surface area contributed by atoms with E-state index in [9.17, 15) is 4.79 Å². The lowest BCUT2D eigenvalue weighted by atomic mass is 10.2. The van der Waals surface area contributed by atoms with E-state index in [1.54, 1.807) is 6.20 Å². The summed E-state index contributed by atoms with van der Waals surface area (Å²) in [5.74, 6) is -1.33. The van der Waals surface area contributed by atoms with Crippen LogP contribution < -0.4 is 17.2 Å². The second kappa shape index (κ2) is 8.50. The van der Waals surface area contributed by atoms with Gasteiger partial charge in [0, 0.05) is 18.3 Å². The van der Waals surface area contributed by atoms with Crippen molar-refractivity contribution in [2.45, 2.75) is 12.5 Å². The second-order valence-electron chi connectivity index (χ2n) is 2.68. The lowest BCUT2D eigenvalue weighted by Gasteiger charge is -2.02. The van der Waals surface area contributed by atoms with Gasteiger partial charge in [0.25, 0.3) is 0 Å². The normalized spacial score (nSPS) is 10.3. The molecule has 1 aromatic heterocycles. The first-order valence-electron chi connectivity index (χ1n) is 3.98. The smallest absolute Gasteiger partial charge is 0.320 e. The number of hydrogen-bond acceptors (Lipinski definition) is 4. The Hall–Kier alpha value is -1.80. The van der Waals surface area contributed by atoms with Crippen LogP contribution >= 0.6 is 12.4 Å². The summed E-state index contributed by atoms with van der Waals surface area (Å²) in [5.41, 5.74) is 14.9. The Balaban J connectivity index is 0. The van der Waals surface area contributed by atoms with Gasteiger partial charge in [-0.2, -0.15) is 0 Å². The summed E-state index contributed by atoms with van der Waals surface area (Å²) in [6, 6.07) is -0.851. The van der Waals surface area contributed by atoms with Crippen LogP contribution in [0.25, 0.3) is 0 Å². The van der Waals surface area contributed by atoms with Crippen LogP contribution in [0.4, 0.5) is 0 Å². The Morgan fingerprint density at radius 1 is 1.62 bits per heavy atom. The van der Waals surface area contributed by atoms with Crippen molar-refractivity contribution < 1.29 is 9.90 Å². The first-order chi connectivity index (χ1) is 6.93. The van der Waals surface area contributed by atoms with Crippen molar-refractivity contribution in [2.75, 3.05) is 0 Å². The minimum atomic E-state index is -1.00. The molecule has 0 aliphatic rings. The number of aromatic nitrogens is 2. The first kappa shape index (κ1) is 16.6. The predicted molar refractivity (Wildman–Crippen MR) is 61.3 cm³/mol. The highest BCUT2D eigenvalue weighted by atomic mass is 35.5. The van der Waals surface area contributed by atoms with Crippen LogP contribution in [0.5, 0.6) is 0 Å². The van der Waals surface area contributed by atoms with Gasteiger partial charge in [0.15, 0.2) is 5.96 Å². The van der Waals surface area contributed by atoms with Gasteiger partial charge >= 0.3 is 5.97 Å². The molecule has 0 saturated carbocycles. The lowest BCUT2D eigenvalue weighted by Crippen LogP contribution is -2.32. The number of nitrogens with two attached hydrogens (primary N) is 3. The highest BCUT2D eigenvalue weighted by molar-refractivity contribution is 5.85.